The Morgan fingerprint density at radius 2 is 1.88 bits per heavy atom. The summed E-state index contributed by atoms with van der Waals surface area (Å²) in [5.74, 6) is 0.806. The van der Waals surface area contributed by atoms with E-state index in [4.69, 9.17) is 0 Å². The second kappa shape index (κ2) is 3.90. The Kier molecular flexibility index (Phi) is 3.88. The summed E-state index contributed by atoms with van der Waals surface area (Å²) in [5.41, 5.74) is 0. The van der Waals surface area contributed by atoms with Crippen molar-refractivity contribution in [2.24, 2.45) is 5.92 Å². The van der Waals surface area contributed by atoms with E-state index in [9.17, 15) is 0 Å². The first-order valence-electron chi connectivity index (χ1n) is 3.39. The first kappa shape index (κ1) is 7.96. The largest absolute Gasteiger partial charge is 0.317 e. The van der Waals surface area contributed by atoms with E-state index in [1.165, 1.54) is 6.42 Å². The Bertz CT molecular complexity index is 44.3. The van der Waals surface area contributed by atoms with Crippen LogP contribution < -0.4 is 5.32 Å². The standard InChI is InChI=1S/C7H17N/c1-5-6(2)7(3)8-4/h6-8H,5H2,1-4H3/t6-,7+/m0/s1. The van der Waals surface area contributed by atoms with Crippen molar-refractivity contribution in [1.29, 1.82) is 0 Å². The zero-order chi connectivity index (χ0) is 6.57. The van der Waals surface area contributed by atoms with E-state index in [1.54, 1.807) is 0 Å². The quantitative estimate of drug-likeness (QED) is 0.589. The summed E-state index contributed by atoms with van der Waals surface area (Å²) in [5, 5.41) is 3.22. The fraction of sp³-hybridized carbons (Fsp3) is 1.00. The second-order valence-corrected chi connectivity index (χ2v) is 2.46. The maximum atomic E-state index is 3.22. The number of nitrogens with one attached hydrogen (secondary N) is 1. The number of hydrogen-bond donors (Lipinski definition) is 1. The summed E-state index contributed by atoms with van der Waals surface area (Å²) in [6.45, 7) is 6.70. The molecule has 0 saturated heterocycles. The Morgan fingerprint density at radius 3 is 2.00 bits per heavy atom. The molecule has 0 amide bonds. The lowest BCUT2D eigenvalue weighted by Gasteiger charge is -2.16. The Labute approximate surface area is 52.5 Å². The molecular weight excluding hydrogens is 98.1 g/mol. The summed E-state index contributed by atoms with van der Waals surface area (Å²) in [7, 11) is 2.01. The molecule has 0 aliphatic carbocycles. The molecule has 0 saturated carbocycles. The van der Waals surface area contributed by atoms with E-state index < -0.39 is 0 Å². The van der Waals surface area contributed by atoms with Crippen LogP contribution in [0.25, 0.3) is 0 Å². The van der Waals surface area contributed by atoms with Crippen LogP contribution in [0.2, 0.25) is 0 Å². The molecule has 0 unspecified atom stereocenters. The van der Waals surface area contributed by atoms with Crippen molar-refractivity contribution in [1.82, 2.24) is 5.32 Å². The molecule has 0 aliphatic heterocycles. The monoisotopic (exact) mass is 115 g/mol. The summed E-state index contributed by atoms with van der Waals surface area (Å²) >= 11 is 0. The topological polar surface area (TPSA) is 12.0 Å². The molecule has 0 bridgehead atoms. The van der Waals surface area contributed by atoms with Gasteiger partial charge in [-0.3, -0.25) is 0 Å². The third-order valence-corrected chi connectivity index (χ3v) is 1.95. The molecular formula is C7H17N. The highest BCUT2D eigenvalue weighted by molar-refractivity contribution is 4.63. The molecule has 50 valence electrons. The van der Waals surface area contributed by atoms with Gasteiger partial charge >= 0.3 is 0 Å². The predicted molar refractivity (Wildman–Crippen MR) is 38.0 cm³/mol. The van der Waals surface area contributed by atoms with Gasteiger partial charge in [0.25, 0.3) is 0 Å². The summed E-state index contributed by atoms with van der Waals surface area (Å²) < 4.78 is 0. The van der Waals surface area contributed by atoms with Crippen LogP contribution >= 0.6 is 0 Å². The van der Waals surface area contributed by atoms with Crippen LogP contribution in [0, 0.1) is 5.92 Å². The van der Waals surface area contributed by atoms with Gasteiger partial charge < -0.3 is 5.32 Å². The molecule has 0 radical (unpaired) electrons. The van der Waals surface area contributed by atoms with Crippen molar-refractivity contribution >= 4 is 0 Å². The molecule has 0 rings (SSSR count). The molecule has 0 aromatic rings. The zero-order valence-corrected chi connectivity index (χ0v) is 6.36. The van der Waals surface area contributed by atoms with Crippen LogP contribution in [0.4, 0.5) is 0 Å². The van der Waals surface area contributed by atoms with Crippen LogP contribution in [0.1, 0.15) is 27.2 Å². The van der Waals surface area contributed by atoms with Crippen molar-refractivity contribution in [3.63, 3.8) is 0 Å². The molecule has 0 heterocycles. The number of rotatable bonds is 3. The van der Waals surface area contributed by atoms with E-state index in [0.717, 1.165) is 5.92 Å². The molecule has 2 atom stereocenters. The molecule has 8 heavy (non-hydrogen) atoms. The van der Waals surface area contributed by atoms with Gasteiger partial charge in [-0.05, 0) is 19.9 Å². The zero-order valence-electron chi connectivity index (χ0n) is 6.36. The lowest BCUT2D eigenvalue weighted by molar-refractivity contribution is 0.415. The molecule has 0 aromatic heterocycles. The van der Waals surface area contributed by atoms with Gasteiger partial charge in [-0.15, -0.1) is 0 Å². The van der Waals surface area contributed by atoms with Crippen LogP contribution in [-0.2, 0) is 0 Å². The Hall–Kier alpha value is -0.0400. The summed E-state index contributed by atoms with van der Waals surface area (Å²) in [4.78, 5) is 0. The predicted octanol–water partition coefficient (Wildman–Crippen LogP) is 1.64. The maximum absolute atomic E-state index is 3.22. The molecule has 0 aliphatic rings. The summed E-state index contributed by atoms with van der Waals surface area (Å²) in [6.07, 6.45) is 1.27. The first-order chi connectivity index (χ1) is 3.72. The van der Waals surface area contributed by atoms with Gasteiger partial charge in [0.05, 0.1) is 0 Å². The van der Waals surface area contributed by atoms with Crippen molar-refractivity contribution in [3.8, 4) is 0 Å². The van der Waals surface area contributed by atoms with Crippen LogP contribution in [-0.4, -0.2) is 13.1 Å². The lowest BCUT2D eigenvalue weighted by atomic mass is 10.0. The minimum absolute atomic E-state index is 0.667. The highest BCUT2D eigenvalue weighted by Gasteiger charge is 2.04. The van der Waals surface area contributed by atoms with Crippen molar-refractivity contribution < 1.29 is 0 Å². The highest BCUT2D eigenvalue weighted by Crippen LogP contribution is 2.04. The van der Waals surface area contributed by atoms with Crippen LogP contribution in [0.15, 0.2) is 0 Å². The fourth-order valence-corrected chi connectivity index (χ4v) is 0.638. The van der Waals surface area contributed by atoms with Crippen LogP contribution in [0.3, 0.4) is 0 Å². The van der Waals surface area contributed by atoms with Gasteiger partial charge in [0, 0.05) is 6.04 Å². The third kappa shape index (κ3) is 2.31. The van der Waals surface area contributed by atoms with Gasteiger partial charge in [-0.1, -0.05) is 20.3 Å². The maximum Gasteiger partial charge on any atom is 0.00612 e. The first-order valence-corrected chi connectivity index (χ1v) is 3.39. The lowest BCUT2D eigenvalue weighted by Crippen LogP contribution is -2.27. The molecule has 0 fully saturated rings. The van der Waals surface area contributed by atoms with Gasteiger partial charge in [0.15, 0.2) is 0 Å². The average Bonchev–Trinajstić information content (AvgIpc) is 1.84. The Morgan fingerprint density at radius 1 is 1.38 bits per heavy atom. The SMILES string of the molecule is CC[C@H](C)[C@@H](C)NC. The molecule has 0 aromatic carbocycles. The average molecular weight is 115 g/mol. The van der Waals surface area contributed by atoms with E-state index in [2.05, 4.69) is 26.1 Å². The molecule has 1 nitrogen and oxygen atoms in total. The molecule has 1 heteroatoms. The van der Waals surface area contributed by atoms with E-state index in [-0.39, 0.29) is 0 Å². The number of hydrogen-bond acceptors (Lipinski definition) is 1. The normalized spacial score (nSPS) is 18.0. The molecule has 0 spiro atoms. The highest BCUT2D eigenvalue weighted by atomic mass is 14.9. The van der Waals surface area contributed by atoms with Crippen molar-refractivity contribution in [2.45, 2.75) is 33.2 Å². The minimum atomic E-state index is 0.667. The third-order valence-electron chi connectivity index (χ3n) is 1.95. The van der Waals surface area contributed by atoms with E-state index in [0.29, 0.717) is 6.04 Å². The minimum Gasteiger partial charge on any atom is -0.317 e. The van der Waals surface area contributed by atoms with Crippen molar-refractivity contribution in [3.05, 3.63) is 0 Å². The fourth-order valence-electron chi connectivity index (χ4n) is 0.638. The smallest absolute Gasteiger partial charge is 0.00612 e. The van der Waals surface area contributed by atoms with Gasteiger partial charge in [0.1, 0.15) is 0 Å². The summed E-state index contributed by atoms with van der Waals surface area (Å²) in [6, 6.07) is 0.667. The Balaban J connectivity index is 3.29. The van der Waals surface area contributed by atoms with Crippen LogP contribution in [0.5, 0.6) is 0 Å². The second-order valence-electron chi connectivity index (χ2n) is 2.46. The van der Waals surface area contributed by atoms with Crippen molar-refractivity contribution in [2.75, 3.05) is 7.05 Å². The van der Waals surface area contributed by atoms with E-state index >= 15 is 0 Å². The van der Waals surface area contributed by atoms with E-state index in [1.807, 2.05) is 7.05 Å². The van der Waals surface area contributed by atoms with Gasteiger partial charge in [-0.25, -0.2) is 0 Å². The van der Waals surface area contributed by atoms with Gasteiger partial charge in [0.2, 0.25) is 0 Å². The molecule has 1 N–H and O–H groups in total. The van der Waals surface area contributed by atoms with Gasteiger partial charge in [-0.2, -0.15) is 0 Å².